The van der Waals surface area contributed by atoms with Crippen LogP contribution in [0.1, 0.15) is 5.56 Å². The lowest BCUT2D eigenvalue weighted by atomic mass is 10.1. The Morgan fingerprint density at radius 1 is 1.13 bits per heavy atom. The van der Waals surface area contributed by atoms with Crippen molar-refractivity contribution in [3.8, 4) is 22.1 Å². The number of fused-ring (bicyclic) bond motifs is 2. The Balaban J connectivity index is 2.45. The van der Waals surface area contributed by atoms with Crippen molar-refractivity contribution in [2.75, 3.05) is 14.2 Å². The standard InChI is InChI=1S/C15H10F3NO3S/c1-21-7-3-4-8-11(5-7)23-14-9(19-8)6-10(22-2)13(20)12(14)15(16,17)18/h3-6H,1-2H3. The van der Waals surface area contributed by atoms with Gasteiger partial charge in [0.05, 0.1) is 35.0 Å². The zero-order valence-corrected chi connectivity index (χ0v) is 12.8. The first-order chi connectivity index (χ1) is 10.8. The van der Waals surface area contributed by atoms with Crippen LogP contribution in [-0.2, 0) is 6.18 Å². The van der Waals surface area contributed by atoms with Crippen molar-refractivity contribution < 1.29 is 22.6 Å². The minimum Gasteiger partial charge on any atom is -0.497 e. The molecule has 0 N–H and O–H groups in total. The minimum atomic E-state index is -4.80. The summed E-state index contributed by atoms with van der Waals surface area (Å²) in [6.07, 6.45) is -4.80. The summed E-state index contributed by atoms with van der Waals surface area (Å²) in [5, 5.41) is 0. The molecule has 3 rings (SSSR count). The Labute approximate surface area is 132 Å². The van der Waals surface area contributed by atoms with Crippen LogP contribution < -0.4 is 14.9 Å². The third-order valence-electron chi connectivity index (χ3n) is 3.30. The van der Waals surface area contributed by atoms with Gasteiger partial charge in [-0.25, -0.2) is 4.98 Å². The molecular formula is C15H10F3NO3S. The van der Waals surface area contributed by atoms with Gasteiger partial charge in [0.1, 0.15) is 11.3 Å². The first-order valence-corrected chi connectivity index (χ1v) is 7.23. The van der Waals surface area contributed by atoms with E-state index in [0.29, 0.717) is 16.0 Å². The van der Waals surface area contributed by atoms with Crippen molar-refractivity contribution >= 4 is 21.6 Å². The summed E-state index contributed by atoms with van der Waals surface area (Å²) in [5.41, 5.74) is -1.87. The maximum Gasteiger partial charge on any atom is 0.421 e. The molecule has 0 saturated heterocycles. The van der Waals surface area contributed by atoms with Gasteiger partial charge in [0.25, 0.3) is 0 Å². The van der Waals surface area contributed by atoms with Gasteiger partial charge in [-0.2, -0.15) is 13.2 Å². The van der Waals surface area contributed by atoms with Gasteiger partial charge in [0, 0.05) is 6.07 Å². The molecule has 0 amide bonds. The molecule has 1 aliphatic carbocycles. The van der Waals surface area contributed by atoms with Crippen molar-refractivity contribution in [3.05, 3.63) is 40.1 Å². The molecule has 0 unspecified atom stereocenters. The second-order valence-electron chi connectivity index (χ2n) is 4.68. The molecule has 8 heteroatoms. The molecule has 0 bridgehead atoms. The monoisotopic (exact) mass is 341 g/mol. The van der Waals surface area contributed by atoms with E-state index in [0.717, 1.165) is 18.4 Å². The summed E-state index contributed by atoms with van der Waals surface area (Å²) in [5.74, 6) is 0.122. The molecule has 1 heterocycles. The average Bonchev–Trinajstić information content (AvgIpc) is 2.50. The number of halogens is 3. The van der Waals surface area contributed by atoms with Gasteiger partial charge >= 0.3 is 6.18 Å². The molecule has 120 valence electrons. The number of aromatic nitrogens is 1. The SMILES string of the molecule is COc1ccc2nc3cc(OC)c(=O)c(C(F)(F)F)c-3sc2c1. The van der Waals surface area contributed by atoms with Crippen LogP contribution in [0.25, 0.3) is 20.8 Å². The summed E-state index contributed by atoms with van der Waals surface area (Å²) in [6, 6.07) is 6.13. The second-order valence-corrected chi connectivity index (χ2v) is 5.73. The smallest absolute Gasteiger partial charge is 0.421 e. The van der Waals surface area contributed by atoms with Crippen LogP contribution in [0, 0.1) is 0 Å². The highest BCUT2D eigenvalue weighted by Crippen LogP contribution is 2.41. The van der Waals surface area contributed by atoms with E-state index in [1.165, 1.54) is 13.2 Å². The number of benzene rings is 2. The Hall–Kier alpha value is -2.35. The number of hydrogen-bond donors (Lipinski definition) is 0. The maximum absolute atomic E-state index is 13.3. The second kappa shape index (κ2) is 5.38. The van der Waals surface area contributed by atoms with Gasteiger partial charge in [-0.15, -0.1) is 11.3 Å². The fourth-order valence-electron chi connectivity index (χ4n) is 2.24. The van der Waals surface area contributed by atoms with Gasteiger partial charge in [-0.05, 0) is 18.2 Å². The quantitative estimate of drug-likeness (QED) is 0.665. The predicted molar refractivity (Wildman–Crippen MR) is 80.6 cm³/mol. The van der Waals surface area contributed by atoms with Gasteiger partial charge in [0.2, 0.25) is 5.43 Å². The summed E-state index contributed by atoms with van der Waals surface area (Å²) in [6.45, 7) is 0. The van der Waals surface area contributed by atoms with Gasteiger partial charge in [-0.3, -0.25) is 4.79 Å². The third kappa shape index (κ3) is 2.59. The third-order valence-corrected chi connectivity index (χ3v) is 4.47. The minimum absolute atomic E-state index is 0.0661. The fraction of sp³-hybridized carbons (Fsp3) is 0.200. The van der Waals surface area contributed by atoms with Crippen molar-refractivity contribution in [1.29, 1.82) is 0 Å². The van der Waals surface area contributed by atoms with Crippen LogP contribution in [0.3, 0.4) is 0 Å². The van der Waals surface area contributed by atoms with Gasteiger partial charge < -0.3 is 9.47 Å². The Morgan fingerprint density at radius 2 is 1.87 bits per heavy atom. The first-order valence-electron chi connectivity index (χ1n) is 6.42. The van der Waals surface area contributed by atoms with Crippen molar-refractivity contribution in [2.24, 2.45) is 0 Å². The topological polar surface area (TPSA) is 48.4 Å². The largest absolute Gasteiger partial charge is 0.497 e. The van der Waals surface area contributed by atoms with Gasteiger partial charge in [0.15, 0.2) is 5.75 Å². The van der Waals surface area contributed by atoms with E-state index < -0.39 is 17.2 Å². The molecule has 23 heavy (non-hydrogen) atoms. The average molecular weight is 341 g/mol. The highest BCUT2D eigenvalue weighted by atomic mass is 32.1. The Kier molecular flexibility index (Phi) is 3.63. The molecule has 4 nitrogen and oxygen atoms in total. The molecule has 1 aliphatic heterocycles. The van der Waals surface area contributed by atoms with Crippen molar-refractivity contribution in [2.45, 2.75) is 6.18 Å². The number of nitrogens with zero attached hydrogens (tertiary/aromatic N) is 1. The molecule has 0 atom stereocenters. The summed E-state index contributed by atoms with van der Waals surface area (Å²) in [7, 11) is 2.61. The number of alkyl halides is 3. The predicted octanol–water partition coefficient (Wildman–Crippen LogP) is 3.80. The molecule has 0 saturated carbocycles. The van der Waals surface area contributed by atoms with E-state index in [1.807, 2.05) is 0 Å². The highest BCUT2D eigenvalue weighted by molar-refractivity contribution is 7.21. The van der Waals surface area contributed by atoms with E-state index in [1.54, 1.807) is 18.2 Å². The zero-order chi connectivity index (χ0) is 16.8. The Morgan fingerprint density at radius 3 is 2.48 bits per heavy atom. The van der Waals surface area contributed by atoms with Crippen LogP contribution in [0.4, 0.5) is 13.2 Å². The fourth-order valence-corrected chi connectivity index (χ4v) is 3.37. The maximum atomic E-state index is 13.3. The molecule has 0 spiro atoms. The lowest BCUT2D eigenvalue weighted by Crippen LogP contribution is -2.22. The Bertz CT molecular complexity index is 920. The van der Waals surface area contributed by atoms with Crippen LogP contribution in [0.15, 0.2) is 29.1 Å². The number of hydrogen-bond acceptors (Lipinski definition) is 5. The van der Waals surface area contributed by atoms with E-state index in [2.05, 4.69) is 4.98 Å². The van der Waals surface area contributed by atoms with E-state index >= 15 is 0 Å². The lowest BCUT2D eigenvalue weighted by molar-refractivity contribution is -0.137. The van der Waals surface area contributed by atoms with Crippen LogP contribution in [0.5, 0.6) is 11.5 Å². The van der Waals surface area contributed by atoms with Crippen LogP contribution in [-0.4, -0.2) is 19.2 Å². The molecule has 1 aromatic carbocycles. The summed E-state index contributed by atoms with van der Waals surface area (Å²) >= 11 is 0.850. The summed E-state index contributed by atoms with van der Waals surface area (Å²) in [4.78, 5) is 16.0. The molecule has 2 aliphatic rings. The number of methoxy groups -OCH3 is 2. The molecule has 0 fully saturated rings. The van der Waals surface area contributed by atoms with E-state index in [-0.39, 0.29) is 16.3 Å². The number of rotatable bonds is 2. The number of ether oxygens (including phenoxy) is 2. The summed E-state index contributed by atoms with van der Waals surface area (Å²) < 4.78 is 50.3. The first kappa shape index (κ1) is 15.5. The van der Waals surface area contributed by atoms with Gasteiger partial charge in [-0.1, -0.05) is 0 Å². The van der Waals surface area contributed by atoms with Crippen molar-refractivity contribution in [3.63, 3.8) is 0 Å². The molecular weight excluding hydrogens is 331 g/mol. The van der Waals surface area contributed by atoms with Crippen LogP contribution in [0.2, 0.25) is 0 Å². The normalized spacial score (nSPS) is 11.9. The van der Waals surface area contributed by atoms with Crippen LogP contribution >= 0.6 is 11.3 Å². The van der Waals surface area contributed by atoms with Crippen molar-refractivity contribution in [1.82, 2.24) is 4.98 Å². The zero-order valence-electron chi connectivity index (χ0n) is 12.0. The van der Waals surface area contributed by atoms with E-state index in [9.17, 15) is 18.0 Å². The molecule has 1 aromatic rings. The highest BCUT2D eigenvalue weighted by Gasteiger charge is 2.39. The van der Waals surface area contributed by atoms with E-state index in [4.69, 9.17) is 9.47 Å². The molecule has 0 aromatic heterocycles. The lowest BCUT2D eigenvalue weighted by Gasteiger charge is -2.15. The molecule has 0 radical (unpaired) electrons.